The van der Waals surface area contributed by atoms with Crippen LogP contribution in [0.3, 0.4) is 0 Å². The molecular weight excluding hydrogens is 422 g/mol. The van der Waals surface area contributed by atoms with E-state index < -0.39 is 0 Å². The van der Waals surface area contributed by atoms with Crippen LogP contribution in [0.4, 0.5) is 5.82 Å². The number of hydrogen-bond donors (Lipinski definition) is 0. The Morgan fingerprint density at radius 1 is 1.00 bits per heavy atom. The zero-order chi connectivity index (χ0) is 23.7. The molecule has 6 heteroatoms. The monoisotopic (exact) mass is 449 g/mol. The van der Waals surface area contributed by atoms with E-state index in [-0.39, 0.29) is 5.91 Å². The van der Waals surface area contributed by atoms with Crippen LogP contribution in [0.5, 0.6) is 0 Å². The third-order valence-corrected chi connectivity index (χ3v) is 6.60. The van der Waals surface area contributed by atoms with Gasteiger partial charge in [-0.2, -0.15) is 5.26 Å². The smallest absolute Gasteiger partial charge is 0.256 e. The number of hydrogen-bond acceptors (Lipinski definition) is 4. The maximum Gasteiger partial charge on any atom is 0.256 e. The highest BCUT2D eigenvalue weighted by Gasteiger charge is 2.28. The van der Waals surface area contributed by atoms with Gasteiger partial charge in [0.15, 0.2) is 0 Å². The number of aromatic nitrogens is 2. The molecule has 1 aliphatic rings. The summed E-state index contributed by atoms with van der Waals surface area (Å²) in [6.07, 6.45) is 2.46. The summed E-state index contributed by atoms with van der Waals surface area (Å²) in [5, 5.41) is 10.0. The number of fused-ring (bicyclic) bond motifs is 1. The molecule has 170 valence electrons. The first-order valence-corrected chi connectivity index (χ1v) is 11.6. The standard InChI is InChI=1S/C28H27N5O/c1-20-9-11-24-23(17-20)26(27(31(24)2)22-7-4-3-5-8-22)28(34)33-14-6-13-32(15-16-33)25-12-10-21(18-29)19-30-25/h3-5,7-12,17,19H,6,13-16H2,1-2H3. The molecule has 1 amide bonds. The number of rotatable bonds is 3. The Labute approximate surface area is 199 Å². The molecule has 3 heterocycles. The van der Waals surface area contributed by atoms with Crippen molar-refractivity contribution in [1.82, 2.24) is 14.5 Å². The lowest BCUT2D eigenvalue weighted by Gasteiger charge is -2.23. The number of amides is 1. The zero-order valence-electron chi connectivity index (χ0n) is 19.5. The SMILES string of the molecule is Cc1ccc2c(c1)c(C(=O)N1CCCN(c3ccc(C#N)cn3)CC1)c(-c1ccccc1)n2C. The van der Waals surface area contributed by atoms with Crippen molar-refractivity contribution in [2.24, 2.45) is 7.05 Å². The first-order chi connectivity index (χ1) is 16.6. The number of pyridine rings is 1. The van der Waals surface area contributed by atoms with Crippen LogP contribution >= 0.6 is 0 Å². The molecule has 4 aromatic rings. The normalized spacial score (nSPS) is 14.1. The van der Waals surface area contributed by atoms with Crippen LogP contribution in [0.1, 0.15) is 27.9 Å². The second kappa shape index (κ2) is 9.03. The van der Waals surface area contributed by atoms with E-state index >= 15 is 0 Å². The Hall–Kier alpha value is -4.11. The largest absolute Gasteiger partial charge is 0.355 e. The van der Waals surface area contributed by atoms with Crippen molar-refractivity contribution in [2.45, 2.75) is 13.3 Å². The molecule has 2 aromatic heterocycles. The lowest BCUT2D eigenvalue weighted by molar-refractivity contribution is 0.0769. The summed E-state index contributed by atoms with van der Waals surface area (Å²) >= 11 is 0. The lowest BCUT2D eigenvalue weighted by Crippen LogP contribution is -2.35. The molecule has 0 N–H and O–H groups in total. The minimum absolute atomic E-state index is 0.0738. The number of benzene rings is 2. The number of carbonyl (C=O) groups excluding carboxylic acids is 1. The third kappa shape index (κ3) is 3.90. The van der Waals surface area contributed by atoms with Crippen LogP contribution in [-0.4, -0.2) is 46.5 Å². The van der Waals surface area contributed by atoms with E-state index in [2.05, 4.69) is 57.8 Å². The van der Waals surface area contributed by atoms with Gasteiger partial charge < -0.3 is 14.4 Å². The van der Waals surface area contributed by atoms with Crippen LogP contribution in [0.25, 0.3) is 22.2 Å². The maximum absolute atomic E-state index is 14.1. The molecule has 1 fully saturated rings. The summed E-state index contributed by atoms with van der Waals surface area (Å²) < 4.78 is 2.14. The predicted octanol–water partition coefficient (Wildman–Crippen LogP) is 4.77. The van der Waals surface area contributed by atoms with Gasteiger partial charge >= 0.3 is 0 Å². The molecule has 6 nitrogen and oxygen atoms in total. The number of anilines is 1. The van der Waals surface area contributed by atoms with Gasteiger partial charge in [-0.1, -0.05) is 42.0 Å². The molecule has 0 saturated carbocycles. The van der Waals surface area contributed by atoms with E-state index in [1.807, 2.05) is 36.2 Å². The summed E-state index contributed by atoms with van der Waals surface area (Å²) in [4.78, 5) is 22.7. The van der Waals surface area contributed by atoms with Gasteiger partial charge in [-0.15, -0.1) is 0 Å². The molecular formula is C28H27N5O. The molecule has 0 unspecified atom stereocenters. The third-order valence-electron chi connectivity index (χ3n) is 6.60. The molecule has 0 bridgehead atoms. The second-order valence-electron chi connectivity index (χ2n) is 8.82. The molecule has 5 rings (SSSR count). The molecule has 1 saturated heterocycles. The van der Waals surface area contributed by atoms with Crippen molar-refractivity contribution in [3.63, 3.8) is 0 Å². The first-order valence-electron chi connectivity index (χ1n) is 11.6. The van der Waals surface area contributed by atoms with E-state index in [0.717, 1.165) is 52.1 Å². The highest BCUT2D eigenvalue weighted by molar-refractivity contribution is 6.13. The van der Waals surface area contributed by atoms with E-state index in [4.69, 9.17) is 5.26 Å². The van der Waals surface area contributed by atoms with Gasteiger partial charge in [0, 0.05) is 50.3 Å². The fourth-order valence-corrected chi connectivity index (χ4v) is 4.86. The van der Waals surface area contributed by atoms with Crippen molar-refractivity contribution in [2.75, 3.05) is 31.1 Å². The van der Waals surface area contributed by atoms with E-state index in [1.165, 1.54) is 0 Å². The Balaban J connectivity index is 1.49. The number of carbonyl (C=O) groups is 1. The van der Waals surface area contributed by atoms with Gasteiger partial charge in [0.25, 0.3) is 5.91 Å². The van der Waals surface area contributed by atoms with Crippen LogP contribution < -0.4 is 4.90 Å². The molecule has 1 aliphatic heterocycles. The van der Waals surface area contributed by atoms with Crippen LogP contribution in [0, 0.1) is 18.3 Å². The van der Waals surface area contributed by atoms with Crippen LogP contribution in [0.15, 0.2) is 66.9 Å². The zero-order valence-corrected chi connectivity index (χ0v) is 19.5. The molecule has 2 aromatic carbocycles. The number of nitrogens with zero attached hydrogens (tertiary/aromatic N) is 5. The fraction of sp³-hybridized carbons (Fsp3) is 0.250. The highest BCUT2D eigenvalue weighted by atomic mass is 16.2. The minimum atomic E-state index is 0.0738. The summed E-state index contributed by atoms with van der Waals surface area (Å²) in [5.74, 6) is 0.920. The molecule has 0 aliphatic carbocycles. The van der Waals surface area contributed by atoms with E-state index in [0.29, 0.717) is 25.2 Å². The van der Waals surface area contributed by atoms with Crippen LogP contribution in [0.2, 0.25) is 0 Å². The second-order valence-corrected chi connectivity index (χ2v) is 8.82. The number of nitriles is 1. The minimum Gasteiger partial charge on any atom is -0.355 e. The quantitative estimate of drug-likeness (QED) is 0.452. The predicted molar refractivity (Wildman–Crippen MR) is 135 cm³/mol. The molecule has 0 spiro atoms. The Kier molecular flexibility index (Phi) is 5.77. The van der Waals surface area contributed by atoms with Crippen molar-refractivity contribution < 1.29 is 4.79 Å². The van der Waals surface area contributed by atoms with Gasteiger partial charge in [-0.25, -0.2) is 4.98 Å². The summed E-state index contributed by atoms with van der Waals surface area (Å²) in [5.41, 5.74) is 5.53. The average Bonchev–Trinajstić information content (AvgIpc) is 3.01. The van der Waals surface area contributed by atoms with Gasteiger partial charge in [0.2, 0.25) is 0 Å². The van der Waals surface area contributed by atoms with Crippen molar-refractivity contribution in [3.8, 4) is 17.3 Å². The Morgan fingerprint density at radius 2 is 1.82 bits per heavy atom. The first kappa shape index (κ1) is 21.7. The highest BCUT2D eigenvalue weighted by Crippen LogP contribution is 2.34. The van der Waals surface area contributed by atoms with E-state index in [9.17, 15) is 4.79 Å². The summed E-state index contributed by atoms with van der Waals surface area (Å²) in [7, 11) is 2.04. The van der Waals surface area contributed by atoms with Crippen LogP contribution in [-0.2, 0) is 7.05 Å². The van der Waals surface area contributed by atoms with Gasteiger partial charge in [0.1, 0.15) is 11.9 Å². The number of aryl methyl sites for hydroxylation is 2. The summed E-state index contributed by atoms with van der Waals surface area (Å²) in [6.45, 7) is 4.91. The topological polar surface area (TPSA) is 65.2 Å². The summed E-state index contributed by atoms with van der Waals surface area (Å²) in [6, 6.07) is 22.3. The van der Waals surface area contributed by atoms with Crippen molar-refractivity contribution >= 4 is 22.6 Å². The van der Waals surface area contributed by atoms with Crippen molar-refractivity contribution in [1.29, 1.82) is 5.26 Å². The van der Waals surface area contributed by atoms with Gasteiger partial charge in [-0.3, -0.25) is 4.79 Å². The average molecular weight is 450 g/mol. The molecule has 34 heavy (non-hydrogen) atoms. The van der Waals surface area contributed by atoms with Gasteiger partial charge in [-0.05, 0) is 43.2 Å². The molecule has 0 radical (unpaired) electrons. The lowest BCUT2D eigenvalue weighted by atomic mass is 10.0. The fourth-order valence-electron chi connectivity index (χ4n) is 4.86. The Morgan fingerprint density at radius 3 is 2.56 bits per heavy atom. The van der Waals surface area contributed by atoms with E-state index in [1.54, 1.807) is 12.3 Å². The van der Waals surface area contributed by atoms with Crippen molar-refractivity contribution in [3.05, 3.63) is 83.6 Å². The molecule has 0 atom stereocenters. The maximum atomic E-state index is 14.1. The van der Waals surface area contributed by atoms with Gasteiger partial charge in [0.05, 0.1) is 16.8 Å². The Bertz CT molecular complexity index is 1380.